The average Bonchev–Trinajstić information content (AvgIpc) is 2.71. The first-order valence-electron chi connectivity index (χ1n) is 6.05. The van der Waals surface area contributed by atoms with Crippen LogP contribution in [-0.2, 0) is 0 Å². The Bertz CT molecular complexity index is 430. The second kappa shape index (κ2) is 5.04. The molecule has 0 aromatic carbocycles. The van der Waals surface area contributed by atoms with E-state index in [1.165, 1.54) is 0 Å². The summed E-state index contributed by atoms with van der Waals surface area (Å²) in [5.41, 5.74) is 1.46. The summed E-state index contributed by atoms with van der Waals surface area (Å²) in [7, 11) is 3.82. The minimum atomic E-state index is -0.484. The molecule has 1 aliphatic heterocycles. The first-order chi connectivity index (χ1) is 8.49. The summed E-state index contributed by atoms with van der Waals surface area (Å²) < 4.78 is 0. The Morgan fingerprint density at radius 2 is 2.17 bits per heavy atom. The van der Waals surface area contributed by atoms with Crippen molar-refractivity contribution in [2.45, 2.75) is 19.1 Å². The van der Waals surface area contributed by atoms with Crippen molar-refractivity contribution in [2.24, 2.45) is 0 Å². The number of aliphatic hydroxyl groups excluding tert-OH is 1. The minimum absolute atomic E-state index is 0.00681. The molecule has 0 bridgehead atoms. The topological polar surface area (TPSA) is 56.7 Å². The van der Waals surface area contributed by atoms with Gasteiger partial charge in [-0.2, -0.15) is 0 Å². The SMILES string of the molecule is Cc1ccc(C(=O)N2C[C@@H](O)[C@H](N(C)C)C2)cn1. The van der Waals surface area contributed by atoms with Gasteiger partial charge in [-0.15, -0.1) is 0 Å². The lowest BCUT2D eigenvalue weighted by Crippen LogP contribution is -2.38. The van der Waals surface area contributed by atoms with E-state index in [4.69, 9.17) is 0 Å². The fourth-order valence-corrected chi connectivity index (χ4v) is 2.22. The van der Waals surface area contributed by atoms with E-state index in [1.807, 2.05) is 32.0 Å². The van der Waals surface area contributed by atoms with E-state index in [-0.39, 0.29) is 11.9 Å². The van der Waals surface area contributed by atoms with Gasteiger partial charge < -0.3 is 14.9 Å². The van der Waals surface area contributed by atoms with Gasteiger partial charge in [0.25, 0.3) is 5.91 Å². The Labute approximate surface area is 107 Å². The number of hydrogen-bond donors (Lipinski definition) is 1. The van der Waals surface area contributed by atoms with Gasteiger partial charge in [-0.1, -0.05) is 0 Å². The number of rotatable bonds is 2. The minimum Gasteiger partial charge on any atom is -0.390 e. The highest BCUT2D eigenvalue weighted by atomic mass is 16.3. The largest absolute Gasteiger partial charge is 0.390 e. The maximum Gasteiger partial charge on any atom is 0.255 e. The van der Waals surface area contributed by atoms with Crippen molar-refractivity contribution in [3.05, 3.63) is 29.6 Å². The summed E-state index contributed by atoms with van der Waals surface area (Å²) in [6.07, 6.45) is 1.11. The Kier molecular flexibility index (Phi) is 3.63. The highest BCUT2D eigenvalue weighted by Crippen LogP contribution is 2.17. The monoisotopic (exact) mass is 249 g/mol. The number of likely N-dealkylation sites (N-methyl/N-ethyl adjacent to an activating group) is 1. The molecule has 2 atom stereocenters. The van der Waals surface area contributed by atoms with Crippen LogP contribution in [-0.4, -0.2) is 65.1 Å². The first kappa shape index (κ1) is 13.0. The second-order valence-corrected chi connectivity index (χ2v) is 5.00. The molecule has 1 amide bonds. The van der Waals surface area contributed by atoms with Gasteiger partial charge in [-0.25, -0.2) is 0 Å². The third kappa shape index (κ3) is 2.52. The molecule has 98 valence electrons. The van der Waals surface area contributed by atoms with E-state index in [0.717, 1.165) is 5.69 Å². The van der Waals surface area contributed by atoms with E-state index in [9.17, 15) is 9.90 Å². The van der Waals surface area contributed by atoms with Crippen LogP contribution in [0.5, 0.6) is 0 Å². The third-order valence-electron chi connectivity index (χ3n) is 3.37. The van der Waals surface area contributed by atoms with Crippen LogP contribution < -0.4 is 0 Å². The number of hydrogen-bond acceptors (Lipinski definition) is 4. The van der Waals surface area contributed by atoms with Crippen LogP contribution in [0.25, 0.3) is 0 Å². The Balaban J connectivity index is 2.09. The molecule has 5 heteroatoms. The second-order valence-electron chi connectivity index (χ2n) is 5.00. The maximum atomic E-state index is 12.2. The summed E-state index contributed by atoms with van der Waals surface area (Å²) >= 11 is 0. The van der Waals surface area contributed by atoms with Crippen molar-refractivity contribution in [3.63, 3.8) is 0 Å². The van der Waals surface area contributed by atoms with E-state index < -0.39 is 6.10 Å². The smallest absolute Gasteiger partial charge is 0.255 e. The van der Waals surface area contributed by atoms with Gasteiger partial charge in [0, 0.05) is 25.0 Å². The van der Waals surface area contributed by atoms with Gasteiger partial charge in [-0.3, -0.25) is 9.78 Å². The van der Waals surface area contributed by atoms with Crippen LogP contribution in [0.4, 0.5) is 0 Å². The lowest BCUT2D eigenvalue weighted by molar-refractivity contribution is 0.0763. The van der Waals surface area contributed by atoms with E-state index >= 15 is 0 Å². The van der Waals surface area contributed by atoms with Gasteiger partial charge in [0.05, 0.1) is 17.7 Å². The van der Waals surface area contributed by atoms with E-state index in [0.29, 0.717) is 18.7 Å². The normalized spacial score (nSPS) is 23.7. The van der Waals surface area contributed by atoms with Crippen molar-refractivity contribution in [2.75, 3.05) is 27.2 Å². The highest BCUT2D eigenvalue weighted by molar-refractivity contribution is 5.94. The van der Waals surface area contributed by atoms with Gasteiger partial charge in [0.1, 0.15) is 0 Å². The van der Waals surface area contributed by atoms with E-state index in [1.54, 1.807) is 17.2 Å². The summed E-state index contributed by atoms with van der Waals surface area (Å²) in [6, 6.07) is 3.61. The lowest BCUT2D eigenvalue weighted by Gasteiger charge is -2.21. The zero-order chi connectivity index (χ0) is 13.3. The Morgan fingerprint density at radius 1 is 1.44 bits per heavy atom. The van der Waals surface area contributed by atoms with Crippen LogP contribution in [0.1, 0.15) is 16.1 Å². The maximum absolute atomic E-state index is 12.2. The standard InChI is InChI=1S/C13H19N3O2/c1-9-4-5-10(6-14-9)13(18)16-7-11(15(2)3)12(17)8-16/h4-6,11-12,17H,7-8H2,1-3H3/t11-,12-/m1/s1. The fraction of sp³-hybridized carbons (Fsp3) is 0.538. The number of aliphatic hydroxyl groups is 1. The molecule has 18 heavy (non-hydrogen) atoms. The molecule has 1 N–H and O–H groups in total. The molecular formula is C13H19N3O2. The van der Waals surface area contributed by atoms with Gasteiger partial charge in [0.15, 0.2) is 0 Å². The zero-order valence-corrected chi connectivity index (χ0v) is 11.0. The molecule has 2 heterocycles. The van der Waals surface area contributed by atoms with Crippen molar-refractivity contribution < 1.29 is 9.90 Å². The number of aryl methyl sites for hydroxylation is 1. The van der Waals surface area contributed by atoms with Crippen LogP contribution in [0.3, 0.4) is 0 Å². The number of aromatic nitrogens is 1. The summed E-state index contributed by atoms with van der Waals surface area (Å²) in [6.45, 7) is 2.83. The molecule has 0 radical (unpaired) electrons. The zero-order valence-electron chi connectivity index (χ0n) is 11.0. The molecule has 2 rings (SSSR count). The predicted octanol–water partition coefficient (Wildman–Crippen LogP) is 0.137. The third-order valence-corrected chi connectivity index (χ3v) is 3.37. The lowest BCUT2D eigenvalue weighted by atomic mass is 10.2. The molecule has 0 spiro atoms. The molecule has 1 saturated heterocycles. The molecule has 0 unspecified atom stereocenters. The van der Waals surface area contributed by atoms with Crippen LogP contribution in [0, 0.1) is 6.92 Å². The van der Waals surface area contributed by atoms with Crippen molar-refractivity contribution in [1.29, 1.82) is 0 Å². The fourth-order valence-electron chi connectivity index (χ4n) is 2.22. The molecule has 0 saturated carbocycles. The molecule has 0 aliphatic carbocycles. The molecule has 1 aromatic heterocycles. The first-order valence-corrected chi connectivity index (χ1v) is 6.05. The summed E-state index contributed by atoms with van der Waals surface area (Å²) in [5.74, 6) is -0.0640. The summed E-state index contributed by atoms with van der Waals surface area (Å²) in [5, 5.41) is 9.92. The van der Waals surface area contributed by atoms with Crippen LogP contribution in [0.2, 0.25) is 0 Å². The molecule has 1 aromatic rings. The van der Waals surface area contributed by atoms with Crippen LogP contribution in [0.15, 0.2) is 18.3 Å². The number of nitrogens with zero attached hydrogens (tertiary/aromatic N) is 3. The Hall–Kier alpha value is -1.46. The molecule has 5 nitrogen and oxygen atoms in total. The number of likely N-dealkylation sites (tertiary alicyclic amines) is 1. The van der Waals surface area contributed by atoms with Crippen molar-refractivity contribution >= 4 is 5.91 Å². The number of amides is 1. The Morgan fingerprint density at radius 3 is 2.67 bits per heavy atom. The summed E-state index contributed by atoms with van der Waals surface area (Å²) in [4.78, 5) is 20.0. The van der Waals surface area contributed by atoms with E-state index in [2.05, 4.69) is 4.98 Å². The van der Waals surface area contributed by atoms with Crippen molar-refractivity contribution in [3.8, 4) is 0 Å². The van der Waals surface area contributed by atoms with Gasteiger partial charge in [-0.05, 0) is 33.2 Å². The number of carbonyl (C=O) groups excluding carboxylic acids is 1. The molecular weight excluding hydrogens is 230 g/mol. The average molecular weight is 249 g/mol. The number of β-amino-alcohol motifs (C(OH)–C–C–N with tert-alkyl or cyclic N) is 1. The highest BCUT2D eigenvalue weighted by Gasteiger charge is 2.35. The van der Waals surface area contributed by atoms with Crippen molar-refractivity contribution in [1.82, 2.24) is 14.8 Å². The van der Waals surface area contributed by atoms with Gasteiger partial charge >= 0.3 is 0 Å². The quantitative estimate of drug-likeness (QED) is 0.810. The van der Waals surface area contributed by atoms with Crippen LogP contribution >= 0.6 is 0 Å². The molecule has 1 aliphatic rings. The van der Waals surface area contributed by atoms with Gasteiger partial charge in [0.2, 0.25) is 0 Å². The predicted molar refractivity (Wildman–Crippen MR) is 68.4 cm³/mol. The number of pyridine rings is 1. The molecule has 1 fully saturated rings. The number of carbonyl (C=O) groups is 1.